The molecule has 0 atom stereocenters. The number of nitrogens with one attached hydrogen (secondary N) is 1. The number of fused-ring (bicyclic) bond motifs is 1. The summed E-state index contributed by atoms with van der Waals surface area (Å²) in [5.74, 6) is -1.06. The number of hydrogen-bond acceptors (Lipinski definition) is 5. The third kappa shape index (κ3) is 3.28. The summed E-state index contributed by atoms with van der Waals surface area (Å²) in [6.07, 6.45) is 1.50. The Hall–Kier alpha value is -3.36. The number of nitrogens with zero attached hydrogens (tertiary/aromatic N) is 3. The highest BCUT2D eigenvalue weighted by Gasteiger charge is 2.08. The van der Waals surface area contributed by atoms with Crippen molar-refractivity contribution in [1.29, 1.82) is 0 Å². The van der Waals surface area contributed by atoms with Gasteiger partial charge < -0.3 is 14.8 Å². The molecule has 0 amide bonds. The number of carbonyl (C=O) groups is 1. The van der Waals surface area contributed by atoms with Gasteiger partial charge in [-0.05, 0) is 18.2 Å². The second-order valence-corrected chi connectivity index (χ2v) is 4.70. The van der Waals surface area contributed by atoms with Crippen molar-refractivity contribution in [2.45, 2.75) is 0 Å². The van der Waals surface area contributed by atoms with Gasteiger partial charge >= 0.3 is 11.7 Å². The van der Waals surface area contributed by atoms with Crippen LogP contribution < -0.4 is 11.2 Å². The summed E-state index contributed by atoms with van der Waals surface area (Å²) in [6, 6.07) is 5.52. The standard InChI is InChI=1S/C7H8N4O2.C7H6O3/c1-10-3-8-5-4(10)6(12)9-7(13)11(5)2;8-6-3-1-2-5(4-6)7(9)10/h3H,1-2H3,(H,9,12,13);1-4,8H,(H,9,10). The number of hydrogen-bond donors (Lipinski definition) is 3. The number of rotatable bonds is 1. The molecule has 0 bridgehead atoms. The molecule has 3 N–H and O–H groups in total. The number of aromatic hydroxyl groups is 1. The lowest BCUT2D eigenvalue weighted by atomic mass is 10.2. The lowest BCUT2D eigenvalue weighted by Crippen LogP contribution is -2.28. The maximum absolute atomic E-state index is 11.3. The summed E-state index contributed by atoms with van der Waals surface area (Å²) in [5.41, 5.74) is 0.0488. The van der Waals surface area contributed by atoms with E-state index in [9.17, 15) is 14.4 Å². The molecule has 120 valence electrons. The van der Waals surface area contributed by atoms with E-state index in [1.165, 1.54) is 35.2 Å². The first-order valence-electron chi connectivity index (χ1n) is 6.44. The van der Waals surface area contributed by atoms with Gasteiger partial charge in [-0.25, -0.2) is 14.6 Å². The lowest BCUT2D eigenvalue weighted by Gasteiger charge is -1.97. The van der Waals surface area contributed by atoms with Gasteiger partial charge in [0.1, 0.15) is 5.75 Å². The molecule has 9 nitrogen and oxygen atoms in total. The summed E-state index contributed by atoms with van der Waals surface area (Å²) in [4.78, 5) is 38.8. The van der Waals surface area contributed by atoms with Crippen LogP contribution in [0.2, 0.25) is 0 Å². The van der Waals surface area contributed by atoms with E-state index in [4.69, 9.17) is 10.2 Å². The van der Waals surface area contributed by atoms with Gasteiger partial charge in [-0.15, -0.1) is 0 Å². The van der Waals surface area contributed by atoms with Crippen molar-refractivity contribution in [3.8, 4) is 5.75 Å². The van der Waals surface area contributed by atoms with E-state index in [1.807, 2.05) is 0 Å². The van der Waals surface area contributed by atoms with E-state index >= 15 is 0 Å². The Labute approximate surface area is 129 Å². The first-order valence-corrected chi connectivity index (χ1v) is 6.44. The third-order valence-corrected chi connectivity index (χ3v) is 3.07. The fraction of sp³-hybridized carbons (Fsp3) is 0.143. The molecule has 1 aromatic carbocycles. The predicted octanol–water partition coefficient (Wildman–Crippen LogP) is 0.0507. The van der Waals surface area contributed by atoms with Crippen molar-refractivity contribution in [2.75, 3.05) is 0 Å². The predicted molar refractivity (Wildman–Crippen MR) is 81.6 cm³/mol. The van der Waals surface area contributed by atoms with Crippen LogP contribution in [0, 0.1) is 0 Å². The largest absolute Gasteiger partial charge is 0.508 e. The van der Waals surface area contributed by atoms with Crippen molar-refractivity contribution in [3.05, 3.63) is 57.0 Å². The van der Waals surface area contributed by atoms with Gasteiger partial charge in [0.05, 0.1) is 11.9 Å². The van der Waals surface area contributed by atoms with E-state index in [2.05, 4.69) is 9.97 Å². The summed E-state index contributed by atoms with van der Waals surface area (Å²) in [5, 5.41) is 17.2. The molecule has 0 unspecified atom stereocenters. The zero-order chi connectivity index (χ0) is 17.1. The molecule has 9 heteroatoms. The van der Waals surface area contributed by atoms with E-state index in [0.717, 1.165) is 0 Å². The number of aromatic amines is 1. The molecule has 3 aromatic rings. The molecule has 0 aliphatic rings. The average Bonchev–Trinajstić information content (AvgIpc) is 2.88. The van der Waals surface area contributed by atoms with Gasteiger partial charge in [0.25, 0.3) is 5.56 Å². The number of phenols is 1. The highest BCUT2D eigenvalue weighted by molar-refractivity contribution is 5.87. The van der Waals surface area contributed by atoms with Gasteiger partial charge in [-0.2, -0.15) is 0 Å². The molecule has 2 heterocycles. The number of benzene rings is 1. The number of carboxylic acid groups (broad SMARTS) is 1. The van der Waals surface area contributed by atoms with Crippen molar-refractivity contribution < 1.29 is 15.0 Å². The minimum Gasteiger partial charge on any atom is -0.508 e. The van der Waals surface area contributed by atoms with Gasteiger partial charge in [-0.3, -0.25) is 14.3 Å². The second kappa shape index (κ2) is 6.18. The Kier molecular flexibility index (Phi) is 4.30. The van der Waals surface area contributed by atoms with Gasteiger partial charge in [0.15, 0.2) is 11.2 Å². The normalized spacial score (nSPS) is 10.2. The molecule has 0 radical (unpaired) electrons. The lowest BCUT2D eigenvalue weighted by molar-refractivity contribution is 0.0696. The Bertz CT molecular complexity index is 983. The SMILES string of the molecule is Cn1cnc2c1c(=O)[nH]c(=O)n2C.O=C(O)c1cccc(O)c1. The molecule has 0 spiro atoms. The van der Waals surface area contributed by atoms with Gasteiger partial charge in [-0.1, -0.05) is 6.07 Å². The van der Waals surface area contributed by atoms with Crippen molar-refractivity contribution in [2.24, 2.45) is 14.1 Å². The van der Waals surface area contributed by atoms with Crippen LogP contribution in [0.4, 0.5) is 0 Å². The summed E-state index contributed by atoms with van der Waals surface area (Å²) in [7, 11) is 3.27. The van der Waals surface area contributed by atoms with Crippen molar-refractivity contribution in [1.82, 2.24) is 19.1 Å². The highest BCUT2D eigenvalue weighted by Crippen LogP contribution is 2.09. The highest BCUT2D eigenvalue weighted by atomic mass is 16.4. The zero-order valence-electron chi connectivity index (χ0n) is 12.3. The molecule has 3 rings (SSSR count). The number of aromatic carboxylic acids is 1. The maximum Gasteiger partial charge on any atom is 0.335 e. The average molecular weight is 318 g/mol. The molecule has 23 heavy (non-hydrogen) atoms. The van der Waals surface area contributed by atoms with E-state index in [1.54, 1.807) is 18.7 Å². The number of aryl methyl sites for hydroxylation is 2. The summed E-state index contributed by atoms with van der Waals surface area (Å²) >= 11 is 0. The Morgan fingerprint density at radius 1 is 1.26 bits per heavy atom. The van der Waals surface area contributed by atoms with Crippen molar-refractivity contribution in [3.63, 3.8) is 0 Å². The first-order chi connectivity index (χ1) is 10.8. The minimum absolute atomic E-state index is 0.0279. The fourth-order valence-corrected chi connectivity index (χ4v) is 1.90. The fourth-order valence-electron chi connectivity index (χ4n) is 1.90. The van der Waals surface area contributed by atoms with Crippen LogP contribution in [-0.2, 0) is 14.1 Å². The van der Waals surface area contributed by atoms with Crippen LogP contribution in [-0.4, -0.2) is 35.3 Å². The monoisotopic (exact) mass is 318 g/mol. The van der Waals surface area contributed by atoms with Crippen LogP contribution >= 0.6 is 0 Å². The van der Waals surface area contributed by atoms with E-state index in [-0.39, 0.29) is 11.3 Å². The van der Waals surface area contributed by atoms with E-state index in [0.29, 0.717) is 11.2 Å². The Morgan fingerprint density at radius 2 is 1.96 bits per heavy atom. The molecule has 2 aromatic heterocycles. The Balaban J connectivity index is 0.000000174. The van der Waals surface area contributed by atoms with Crippen LogP contribution in [0.25, 0.3) is 11.2 Å². The smallest absolute Gasteiger partial charge is 0.335 e. The number of aromatic nitrogens is 4. The summed E-state index contributed by atoms with van der Waals surface area (Å²) < 4.78 is 2.88. The molecule has 0 aliphatic carbocycles. The molecule has 0 saturated carbocycles. The number of phenolic OH excluding ortho intramolecular Hbond substituents is 1. The van der Waals surface area contributed by atoms with Gasteiger partial charge in [0, 0.05) is 14.1 Å². The maximum atomic E-state index is 11.3. The molecular weight excluding hydrogens is 304 g/mol. The second-order valence-electron chi connectivity index (χ2n) is 4.70. The molecule has 0 saturated heterocycles. The first kappa shape index (κ1) is 16.0. The van der Waals surface area contributed by atoms with Crippen LogP contribution in [0.5, 0.6) is 5.75 Å². The molecule has 0 aliphatic heterocycles. The van der Waals surface area contributed by atoms with Crippen molar-refractivity contribution >= 4 is 17.1 Å². The third-order valence-electron chi connectivity index (χ3n) is 3.07. The molecule has 0 fully saturated rings. The number of H-pyrrole nitrogens is 1. The van der Waals surface area contributed by atoms with Crippen LogP contribution in [0.3, 0.4) is 0 Å². The van der Waals surface area contributed by atoms with E-state index < -0.39 is 17.2 Å². The number of carboxylic acids is 1. The van der Waals surface area contributed by atoms with Crippen LogP contribution in [0.15, 0.2) is 40.2 Å². The molecular formula is C14H14N4O5. The Morgan fingerprint density at radius 3 is 2.52 bits per heavy atom. The van der Waals surface area contributed by atoms with Crippen LogP contribution in [0.1, 0.15) is 10.4 Å². The minimum atomic E-state index is -1.03. The topological polar surface area (TPSA) is 130 Å². The number of imidazole rings is 1. The summed E-state index contributed by atoms with van der Waals surface area (Å²) in [6.45, 7) is 0. The van der Waals surface area contributed by atoms with Gasteiger partial charge in [0.2, 0.25) is 0 Å². The zero-order valence-corrected chi connectivity index (χ0v) is 12.3. The quantitative estimate of drug-likeness (QED) is 0.581.